The molecule has 1 fully saturated rings. The molecule has 4 rings (SSSR count). The molecule has 2 aliphatic rings. The molecule has 150 valence electrons. The van der Waals surface area contributed by atoms with E-state index in [1.54, 1.807) is 11.3 Å². The lowest BCUT2D eigenvalue weighted by Gasteiger charge is -2.35. The van der Waals surface area contributed by atoms with Crippen molar-refractivity contribution in [3.8, 4) is 0 Å². The highest BCUT2D eigenvalue weighted by Gasteiger charge is 2.24. The summed E-state index contributed by atoms with van der Waals surface area (Å²) in [5.74, 6) is 2.14. The summed E-state index contributed by atoms with van der Waals surface area (Å²) < 4.78 is 0. The Labute approximate surface area is 170 Å². The molecule has 28 heavy (non-hydrogen) atoms. The highest BCUT2D eigenvalue weighted by Crippen LogP contribution is 2.29. The molecule has 3 heterocycles. The van der Waals surface area contributed by atoms with Gasteiger partial charge in [0, 0.05) is 48.7 Å². The molecule has 1 aliphatic heterocycles. The van der Waals surface area contributed by atoms with Gasteiger partial charge >= 0.3 is 6.03 Å². The number of fused-ring (bicyclic) bond motifs is 1. The smallest absolute Gasteiger partial charge is 0.323 e. The second kappa shape index (κ2) is 8.03. The van der Waals surface area contributed by atoms with Crippen LogP contribution in [0.1, 0.15) is 54.7 Å². The van der Waals surface area contributed by atoms with Gasteiger partial charge in [0.15, 0.2) is 5.13 Å². The molecule has 0 spiro atoms. The first-order valence-corrected chi connectivity index (χ1v) is 11.0. The van der Waals surface area contributed by atoms with Crippen LogP contribution in [0.25, 0.3) is 0 Å². The SMILES string of the molecule is Cc1cc(N2CCN(C(=O)Nc3nc4c(s3)CCCC4)CC2)nc(C(C)C)n1. The lowest BCUT2D eigenvalue weighted by molar-refractivity contribution is 0.208. The van der Waals surface area contributed by atoms with Gasteiger partial charge in [0.1, 0.15) is 11.6 Å². The first kappa shape index (κ1) is 19.1. The van der Waals surface area contributed by atoms with E-state index in [0.29, 0.717) is 19.0 Å². The summed E-state index contributed by atoms with van der Waals surface area (Å²) >= 11 is 1.63. The third-order valence-electron chi connectivity index (χ3n) is 5.32. The number of aryl methyl sites for hydroxylation is 3. The molecule has 0 saturated carbocycles. The zero-order valence-electron chi connectivity index (χ0n) is 16.9. The average Bonchev–Trinajstić information content (AvgIpc) is 3.09. The molecule has 2 aromatic rings. The molecular formula is C20H28N6OS. The monoisotopic (exact) mass is 400 g/mol. The van der Waals surface area contributed by atoms with Crippen molar-refractivity contribution in [2.75, 3.05) is 36.4 Å². The molecule has 0 bridgehead atoms. The van der Waals surface area contributed by atoms with Crippen LogP contribution in [0.4, 0.5) is 15.7 Å². The van der Waals surface area contributed by atoms with Crippen LogP contribution in [0.3, 0.4) is 0 Å². The van der Waals surface area contributed by atoms with Crippen LogP contribution in [0.15, 0.2) is 6.07 Å². The summed E-state index contributed by atoms with van der Waals surface area (Å²) in [5, 5.41) is 3.75. The van der Waals surface area contributed by atoms with Crippen molar-refractivity contribution in [1.29, 1.82) is 0 Å². The molecule has 8 heteroatoms. The maximum absolute atomic E-state index is 12.7. The van der Waals surface area contributed by atoms with E-state index < -0.39 is 0 Å². The van der Waals surface area contributed by atoms with E-state index in [4.69, 9.17) is 4.98 Å². The number of nitrogens with zero attached hydrogens (tertiary/aromatic N) is 5. The fraction of sp³-hybridized carbons (Fsp3) is 0.600. The second-order valence-electron chi connectivity index (χ2n) is 7.88. The number of anilines is 2. The Morgan fingerprint density at radius 2 is 1.86 bits per heavy atom. The number of rotatable bonds is 3. The summed E-state index contributed by atoms with van der Waals surface area (Å²) in [5.41, 5.74) is 2.16. The maximum atomic E-state index is 12.7. The number of thiazole rings is 1. The van der Waals surface area contributed by atoms with Gasteiger partial charge in [-0.05, 0) is 32.6 Å². The van der Waals surface area contributed by atoms with Crippen LogP contribution in [0.2, 0.25) is 0 Å². The minimum absolute atomic E-state index is 0.0486. The summed E-state index contributed by atoms with van der Waals surface area (Å²) in [7, 11) is 0. The topological polar surface area (TPSA) is 74.2 Å². The Hall–Kier alpha value is -2.22. The molecule has 2 amide bonds. The van der Waals surface area contributed by atoms with E-state index in [9.17, 15) is 4.79 Å². The Morgan fingerprint density at radius 3 is 2.57 bits per heavy atom. The van der Waals surface area contributed by atoms with Crippen LogP contribution in [-0.2, 0) is 12.8 Å². The second-order valence-corrected chi connectivity index (χ2v) is 8.96. The Morgan fingerprint density at radius 1 is 1.11 bits per heavy atom. The quantitative estimate of drug-likeness (QED) is 0.852. The van der Waals surface area contributed by atoms with E-state index in [1.807, 2.05) is 17.9 Å². The van der Waals surface area contributed by atoms with Crippen molar-refractivity contribution < 1.29 is 4.79 Å². The normalized spacial score (nSPS) is 17.0. The van der Waals surface area contributed by atoms with E-state index in [0.717, 1.165) is 48.4 Å². The van der Waals surface area contributed by atoms with Gasteiger partial charge in [0.25, 0.3) is 0 Å². The zero-order chi connectivity index (χ0) is 19.7. The molecule has 0 aromatic carbocycles. The lowest BCUT2D eigenvalue weighted by atomic mass is 10.0. The molecule has 1 N–H and O–H groups in total. The van der Waals surface area contributed by atoms with Crippen LogP contribution in [0.5, 0.6) is 0 Å². The fourth-order valence-corrected chi connectivity index (χ4v) is 4.75. The average molecular weight is 401 g/mol. The predicted octanol–water partition coefficient (Wildman–Crippen LogP) is 3.60. The molecule has 0 radical (unpaired) electrons. The first-order chi connectivity index (χ1) is 13.5. The summed E-state index contributed by atoms with van der Waals surface area (Å²) in [6, 6.07) is 1.98. The zero-order valence-corrected chi connectivity index (χ0v) is 17.7. The molecule has 7 nitrogen and oxygen atoms in total. The van der Waals surface area contributed by atoms with Gasteiger partial charge in [0.05, 0.1) is 5.69 Å². The van der Waals surface area contributed by atoms with Crippen LogP contribution >= 0.6 is 11.3 Å². The highest BCUT2D eigenvalue weighted by atomic mass is 32.1. The standard InChI is InChI=1S/C20H28N6OS/c1-13(2)18-21-14(3)12-17(23-18)25-8-10-26(11-9-25)20(27)24-19-22-15-6-4-5-7-16(15)28-19/h12-13H,4-11H2,1-3H3,(H,22,24,27). The third-order valence-corrected chi connectivity index (χ3v) is 6.40. The van der Waals surface area contributed by atoms with Crippen molar-refractivity contribution in [2.45, 2.75) is 52.4 Å². The van der Waals surface area contributed by atoms with Gasteiger partial charge in [0.2, 0.25) is 0 Å². The Kier molecular flexibility index (Phi) is 5.48. The van der Waals surface area contributed by atoms with Crippen LogP contribution in [-0.4, -0.2) is 52.1 Å². The Balaban J connectivity index is 1.36. The number of hydrogen-bond donors (Lipinski definition) is 1. The number of piperazine rings is 1. The van der Waals surface area contributed by atoms with Gasteiger partial charge in [-0.25, -0.2) is 19.7 Å². The summed E-state index contributed by atoms with van der Waals surface area (Å²) in [6.07, 6.45) is 4.56. The first-order valence-electron chi connectivity index (χ1n) is 10.1. The van der Waals surface area contributed by atoms with E-state index in [-0.39, 0.29) is 6.03 Å². The predicted molar refractivity (Wildman–Crippen MR) is 112 cm³/mol. The van der Waals surface area contributed by atoms with Gasteiger partial charge in [-0.15, -0.1) is 11.3 Å². The van der Waals surface area contributed by atoms with Crippen molar-refractivity contribution in [1.82, 2.24) is 19.9 Å². The van der Waals surface area contributed by atoms with Crippen LogP contribution < -0.4 is 10.2 Å². The van der Waals surface area contributed by atoms with Crippen molar-refractivity contribution in [2.24, 2.45) is 0 Å². The number of urea groups is 1. The van der Waals surface area contributed by atoms with Crippen LogP contribution in [0, 0.1) is 6.92 Å². The fourth-order valence-electron chi connectivity index (χ4n) is 3.71. The molecule has 0 atom stereocenters. The van der Waals surface area contributed by atoms with Crippen molar-refractivity contribution in [3.63, 3.8) is 0 Å². The van der Waals surface area contributed by atoms with E-state index in [2.05, 4.69) is 34.0 Å². The number of amides is 2. The minimum atomic E-state index is -0.0486. The van der Waals surface area contributed by atoms with Gasteiger partial charge < -0.3 is 9.80 Å². The third kappa shape index (κ3) is 4.11. The number of aromatic nitrogens is 3. The molecule has 1 aliphatic carbocycles. The van der Waals surface area contributed by atoms with E-state index in [1.165, 1.54) is 23.4 Å². The maximum Gasteiger partial charge on any atom is 0.323 e. The van der Waals surface area contributed by atoms with Gasteiger partial charge in [-0.2, -0.15) is 0 Å². The lowest BCUT2D eigenvalue weighted by Crippen LogP contribution is -2.50. The molecule has 0 unspecified atom stereocenters. The number of carbonyl (C=O) groups is 1. The number of hydrogen-bond acceptors (Lipinski definition) is 6. The van der Waals surface area contributed by atoms with E-state index >= 15 is 0 Å². The summed E-state index contributed by atoms with van der Waals surface area (Å²) in [4.78, 5) is 32.0. The summed E-state index contributed by atoms with van der Waals surface area (Å²) in [6.45, 7) is 9.13. The largest absolute Gasteiger partial charge is 0.353 e. The molecule has 1 saturated heterocycles. The molecular weight excluding hydrogens is 372 g/mol. The number of carbonyl (C=O) groups excluding carboxylic acids is 1. The van der Waals surface area contributed by atoms with Gasteiger partial charge in [-0.1, -0.05) is 13.8 Å². The molecule has 2 aromatic heterocycles. The van der Waals surface area contributed by atoms with Crippen molar-refractivity contribution >= 4 is 28.3 Å². The van der Waals surface area contributed by atoms with Gasteiger partial charge in [-0.3, -0.25) is 5.32 Å². The number of nitrogens with one attached hydrogen (secondary N) is 1. The Bertz CT molecular complexity index is 833. The highest BCUT2D eigenvalue weighted by molar-refractivity contribution is 7.15. The van der Waals surface area contributed by atoms with Crippen molar-refractivity contribution in [3.05, 3.63) is 28.2 Å². The minimum Gasteiger partial charge on any atom is -0.353 e.